The highest BCUT2D eigenvalue weighted by Crippen LogP contribution is 2.57. The van der Waals surface area contributed by atoms with E-state index in [1.54, 1.807) is 38.5 Å². The minimum Gasteiger partial charge on any atom is -0.465 e. The van der Waals surface area contributed by atoms with E-state index in [1.807, 2.05) is 0 Å². The number of aliphatic hydroxyl groups excluding tert-OH is 1. The van der Waals surface area contributed by atoms with E-state index in [1.165, 1.54) is 212 Å². The molecule has 7 rings (SSSR count). The summed E-state index contributed by atoms with van der Waals surface area (Å²) in [6.45, 7) is 16.4. The van der Waals surface area contributed by atoms with Gasteiger partial charge < -0.3 is 29.0 Å². The number of β-amino-alcohol motifs (C(OH)–C–C–N with tert-alkyl or cyclic N) is 1. The number of rotatable bonds is 58. The second-order valence-electron chi connectivity index (χ2n) is 29.9. The topological polar surface area (TPSA) is 80.7 Å². The van der Waals surface area contributed by atoms with Crippen molar-refractivity contribution in [2.45, 2.75) is 297 Å². The van der Waals surface area contributed by atoms with Gasteiger partial charge >= 0.3 is 5.97 Å². The number of hydrogen-bond donors (Lipinski definition) is 1. The smallest absolute Gasteiger partial charge is 0.307 e. The van der Waals surface area contributed by atoms with Crippen molar-refractivity contribution in [1.82, 2.24) is 9.80 Å². The summed E-state index contributed by atoms with van der Waals surface area (Å²) in [7, 11) is 0. The second-order valence-corrected chi connectivity index (χ2v) is 29.9. The summed E-state index contributed by atoms with van der Waals surface area (Å²) in [6.07, 6.45) is 59.2. The van der Waals surface area contributed by atoms with Crippen molar-refractivity contribution in [2.75, 3.05) is 92.1 Å². The summed E-state index contributed by atoms with van der Waals surface area (Å²) in [5, 5.41) is 9.42. The third-order valence-electron chi connectivity index (χ3n) is 22.4. The van der Waals surface area contributed by atoms with Crippen LogP contribution in [0.5, 0.6) is 0 Å². The Balaban J connectivity index is 0.780. The fourth-order valence-corrected chi connectivity index (χ4v) is 15.9. The van der Waals surface area contributed by atoms with Crippen LogP contribution in [0.3, 0.4) is 0 Å². The number of ether oxygens (including phenoxy) is 4. The van der Waals surface area contributed by atoms with Crippen LogP contribution in [0, 0.1) is 76.4 Å². The minimum absolute atomic E-state index is 0.133. The maximum absolute atomic E-state index is 13.5. The molecule has 0 radical (unpaired) electrons. The molecule has 1 aliphatic heterocycles. The molecule has 8 nitrogen and oxygen atoms in total. The number of carbonyl (C=O) groups excluding carboxylic acids is 1. The fourth-order valence-electron chi connectivity index (χ4n) is 15.9. The lowest BCUT2D eigenvalue weighted by atomic mass is 9.92. The third-order valence-corrected chi connectivity index (χ3v) is 22.4. The largest absolute Gasteiger partial charge is 0.465 e. The molecule has 0 amide bonds. The van der Waals surface area contributed by atoms with Crippen molar-refractivity contribution in [2.24, 2.45) is 76.4 Å². The van der Waals surface area contributed by atoms with Crippen molar-refractivity contribution in [3.05, 3.63) is 0 Å². The monoisotopic (exact) mass is 1150 g/mol. The molecular weight excluding hydrogens is 1010 g/mol. The van der Waals surface area contributed by atoms with E-state index in [0.29, 0.717) is 32.8 Å². The number of unbranched alkanes of at least 4 members (excludes halogenated alkanes) is 21. The van der Waals surface area contributed by atoms with Gasteiger partial charge in [-0.3, -0.25) is 9.69 Å². The lowest BCUT2D eigenvalue weighted by Crippen LogP contribution is -2.47. The molecule has 478 valence electrons. The highest BCUT2D eigenvalue weighted by molar-refractivity contribution is 5.69. The zero-order valence-electron chi connectivity index (χ0n) is 54.6. The molecule has 7 aliphatic rings. The van der Waals surface area contributed by atoms with Crippen LogP contribution >= 0.6 is 0 Å². The molecule has 0 aromatic rings. The van der Waals surface area contributed by atoms with Crippen LogP contribution in [0.25, 0.3) is 0 Å². The first-order valence-corrected chi connectivity index (χ1v) is 37.3. The Labute approximate surface area is 507 Å². The summed E-state index contributed by atoms with van der Waals surface area (Å²) in [5.41, 5.74) is -0.520. The van der Waals surface area contributed by atoms with Crippen molar-refractivity contribution in [3.63, 3.8) is 0 Å². The number of nitrogens with zero attached hydrogens (tertiary/aromatic N) is 2. The van der Waals surface area contributed by atoms with Gasteiger partial charge in [0.2, 0.25) is 0 Å². The lowest BCUT2D eigenvalue weighted by molar-refractivity contribution is -0.156. The normalized spacial score (nSPS) is 29.0. The predicted octanol–water partition coefficient (Wildman–Crippen LogP) is 18.5. The molecule has 0 spiro atoms. The van der Waals surface area contributed by atoms with Crippen LogP contribution in [-0.2, 0) is 23.7 Å². The molecule has 1 N–H and O–H groups in total. The van der Waals surface area contributed by atoms with Crippen molar-refractivity contribution >= 4 is 5.97 Å². The van der Waals surface area contributed by atoms with Gasteiger partial charge in [0, 0.05) is 59.1 Å². The van der Waals surface area contributed by atoms with E-state index in [9.17, 15) is 9.90 Å². The highest BCUT2D eigenvalue weighted by Gasteiger charge is 2.47. The first kappa shape index (κ1) is 68.7. The second kappa shape index (κ2) is 40.7. The highest BCUT2D eigenvalue weighted by atomic mass is 16.5. The summed E-state index contributed by atoms with van der Waals surface area (Å²) < 4.78 is 26.0. The number of hydrogen-bond acceptors (Lipinski definition) is 8. The molecule has 0 bridgehead atoms. The van der Waals surface area contributed by atoms with Crippen molar-refractivity contribution < 1.29 is 28.8 Å². The fraction of sp³-hybridized carbons (Fsp3) is 0.986. The average Bonchev–Trinajstić information content (AvgIpc) is 4.32. The van der Waals surface area contributed by atoms with Crippen LogP contribution in [-0.4, -0.2) is 113 Å². The van der Waals surface area contributed by atoms with E-state index < -0.39 is 5.41 Å². The molecular formula is C74H136N2O6. The van der Waals surface area contributed by atoms with Crippen LogP contribution < -0.4 is 0 Å². The van der Waals surface area contributed by atoms with Gasteiger partial charge in [-0.2, -0.15) is 0 Å². The SMILES string of the molecule is CCCCCC1CC1CC1CC1CCCCCCCCOCC(COCCCCCCCCC1CC1CC1CC1CCCCC)(COCCCCCCCCC1CC1CC1CC1CCCCC)COC(=O)CCN1CCN(CCO)CC1. The maximum atomic E-state index is 13.5. The third kappa shape index (κ3) is 29.5. The molecule has 12 atom stereocenters. The molecule has 7 fully saturated rings. The van der Waals surface area contributed by atoms with E-state index in [-0.39, 0.29) is 19.2 Å². The first-order chi connectivity index (χ1) is 40.4. The van der Waals surface area contributed by atoms with Crippen LogP contribution in [0.4, 0.5) is 0 Å². The zero-order valence-corrected chi connectivity index (χ0v) is 54.6. The number of carbonyl (C=O) groups is 1. The standard InChI is InChI=1S/C74H136N2O6/c1-4-7-22-31-61-48-67(61)54-70-51-64(70)34-25-16-10-13-19-28-45-79-57-74(60-82-73(78)37-38-75-39-41-76(42-40-75)43-44-77,58-80-46-29-20-14-11-17-26-35-65-52-71(65)55-68-49-62(68)32-23-8-5-2)59-81-47-30-21-15-12-18-27-36-66-53-72(66)56-69-50-63(69)33-24-9-6-3/h61-72,77H,4-60H2,1-3H3. The van der Waals surface area contributed by atoms with Crippen LogP contribution in [0.1, 0.15) is 297 Å². The molecule has 82 heavy (non-hydrogen) atoms. The van der Waals surface area contributed by atoms with Gasteiger partial charge in [0.15, 0.2) is 0 Å². The summed E-state index contributed by atoms with van der Waals surface area (Å²) >= 11 is 0. The minimum atomic E-state index is -0.520. The Hall–Kier alpha value is -0.770. The Morgan fingerprint density at radius 2 is 0.646 bits per heavy atom. The van der Waals surface area contributed by atoms with Gasteiger partial charge in [-0.1, -0.05) is 213 Å². The van der Waals surface area contributed by atoms with Gasteiger partial charge in [-0.15, -0.1) is 0 Å². The van der Waals surface area contributed by atoms with Gasteiger partial charge in [0.05, 0.1) is 38.3 Å². The van der Waals surface area contributed by atoms with Gasteiger partial charge in [-0.25, -0.2) is 0 Å². The van der Waals surface area contributed by atoms with Crippen LogP contribution in [0.15, 0.2) is 0 Å². The van der Waals surface area contributed by atoms with E-state index >= 15 is 0 Å². The molecule has 0 aromatic heterocycles. The molecule has 6 saturated carbocycles. The number of piperazine rings is 1. The van der Waals surface area contributed by atoms with Gasteiger partial charge in [0.1, 0.15) is 6.61 Å². The lowest BCUT2D eigenvalue weighted by Gasteiger charge is -2.34. The molecule has 1 saturated heterocycles. The molecule has 12 unspecified atom stereocenters. The van der Waals surface area contributed by atoms with E-state index in [2.05, 4.69) is 30.6 Å². The summed E-state index contributed by atoms with van der Waals surface area (Å²) in [6, 6.07) is 0. The van der Waals surface area contributed by atoms with Gasteiger partial charge in [-0.05, 0) is 148 Å². The number of aliphatic hydroxyl groups is 1. The molecule has 6 aliphatic carbocycles. The van der Waals surface area contributed by atoms with Crippen LogP contribution in [0.2, 0.25) is 0 Å². The Bertz CT molecular complexity index is 1460. The summed E-state index contributed by atoms with van der Waals surface area (Å²) in [4.78, 5) is 18.2. The average molecular weight is 1150 g/mol. The Morgan fingerprint density at radius 1 is 0.366 bits per heavy atom. The molecule has 1 heterocycles. The Kier molecular flexibility index (Phi) is 34.1. The number of esters is 1. The molecule has 8 heteroatoms. The zero-order chi connectivity index (χ0) is 57.3. The van der Waals surface area contributed by atoms with Crippen molar-refractivity contribution in [3.8, 4) is 0 Å². The maximum Gasteiger partial charge on any atom is 0.307 e. The van der Waals surface area contributed by atoms with Gasteiger partial charge in [0.25, 0.3) is 0 Å². The van der Waals surface area contributed by atoms with Crippen molar-refractivity contribution in [1.29, 1.82) is 0 Å². The molecule has 0 aromatic carbocycles. The first-order valence-electron chi connectivity index (χ1n) is 37.3. The summed E-state index contributed by atoms with van der Waals surface area (Å²) in [5.74, 6) is 12.7. The quantitative estimate of drug-likeness (QED) is 0.0477. The Morgan fingerprint density at radius 3 is 0.951 bits per heavy atom. The van der Waals surface area contributed by atoms with E-state index in [0.717, 1.165) is 143 Å². The van der Waals surface area contributed by atoms with E-state index in [4.69, 9.17) is 18.9 Å². The predicted molar refractivity (Wildman–Crippen MR) is 343 cm³/mol.